The number of nitrogens with one attached hydrogen (secondary N) is 1. The van der Waals surface area contributed by atoms with Crippen molar-refractivity contribution in [1.29, 1.82) is 0 Å². The Bertz CT molecular complexity index is 556. The van der Waals surface area contributed by atoms with Gasteiger partial charge in [0.15, 0.2) is 0 Å². The SMILES string of the molecule is CCC(C)(CCO)NS(=O)(=O)c1cc(C)ccc1OC. The van der Waals surface area contributed by atoms with Gasteiger partial charge in [-0.3, -0.25) is 0 Å². The number of hydrogen-bond donors (Lipinski definition) is 2. The van der Waals surface area contributed by atoms with Crippen molar-refractivity contribution in [3.63, 3.8) is 0 Å². The molecule has 0 aliphatic rings. The molecule has 1 atom stereocenters. The second-order valence-electron chi connectivity index (χ2n) is 5.15. The van der Waals surface area contributed by atoms with Gasteiger partial charge in [0.1, 0.15) is 10.6 Å². The molecule has 20 heavy (non-hydrogen) atoms. The summed E-state index contributed by atoms with van der Waals surface area (Å²) in [5.41, 5.74) is 0.161. The highest BCUT2D eigenvalue weighted by molar-refractivity contribution is 7.89. The van der Waals surface area contributed by atoms with Gasteiger partial charge in [-0.25, -0.2) is 13.1 Å². The summed E-state index contributed by atoms with van der Waals surface area (Å²) in [7, 11) is -2.26. The molecule has 0 spiro atoms. The van der Waals surface area contributed by atoms with Gasteiger partial charge in [-0.05, 0) is 44.4 Å². The third kappa shape index (κ3) is 3.94. The lowest BCUT2D eigenvalue weighted by atomic mass is 9.97. The van der Waals surface area contributed by atoms with Crippen LogP contribution in [0.5, 0.6) is 5.75 Å². The molecule has 0 aliphatic heterocycles. The summed E-state index contributed by atoms with van der Waals surface area (Å²) < 4.78 is 32.9. The molecule has 0 heterocycles. The topological polar surface area (TPSA) is 75.6 Å². The minimum atomic E-state index is -3.70. The first-order valence-electron chi connectivity index (χ1n) is 6.57. The Morgan fingerprint density at radius 1 is 1.40 bits per heavy atom. The summed E-state index contributed by atoms with van der Waals surface area (Å²) in [6, 6.07) is 5.01. The Morgan fingerprint density at radius 3 is 2.55 bits per heavy atom. The van der Waals surface area contributed by atoms with Crippen molar-refractivity contribution in [3.05, 3.63) is 23.8 Å². The van der Waals surface area contributed by atoms with E-state index in [9.17, 15) is 8.42 Å². The Balaban J connectivity index is 3.20. The molecule has 0 amide bonds. The van der Waals surface area contributed by atoms with E-state index >= 15 is 0 Å². The molecule has 1 unspecified atom stereocenters. The van der Waals surface area contributed by atoms with Crippen LogP contribution in [0.4, 0.5) is 0 Å². The average Bonchev–Trinajstić information content (AvgIpc) is 2.38. The van der Waals surface area contributed by atoms with Gasteiger partial charge in [0, 0.05) is 12.1 Å². The van der Waals surface area contributed by atoms with Gasteiger partial charge in [0.2, 0.25) is 10.0 Å². The summed E-state index contributed by atoms with van der Waals surface area (Å²) in [6.07, 6.45) is 0.942. The van der Waals surface area contributed by atoms with Gasteiger partial charge >= 0.3 is 0 Å². The van der Waals surface area contributed by atoms with Crippen LogP contribution < -0.4 is 9.46 Å². The maximum atomic E-state index is 12.5. The molecule has 0 bridgehead atoms. The molecule has 0 aliphatic carbocycles. The van der Waals surface area contributed by atoms with Crippen molar-refractivity contribution in [2.45, 2.75) is 44.0 Å². The third-order valence-corrected chi connectivity index (χ3v) is 5.09. The Hall–Kier alpha value is -1.11. The molecule has 0 radical (unpaired) electrons. The molecule has 5 nitrogen and oxygen atoms in total. The van der Waals surface area contributed by atoms with E-state index in [2.05, 4.69) is 4.72 Å². The van der Waals surface area contributed by atoms with E-state index in [0.29, 0.717) is 18.6 Å². The van der Waals surface area contributed by atoms with Gasteiger partial charge in [-0.1, -0.05) is 13.0 Å². The number of ether oxygens (including phenoxy) is 1. The maximum Gasteiger partial charge on any atom is 0.244 e. The van der Waals surface area contributed by atoms with Crippen molar-refractivity contribution in [2.75, 3.05) is 13.7 Å². The predicted octanol–water partition coefficient (Wildman–Crippen LogP) is 1.83. The normalized spacial score (nSPS) is 14.8. The quantitative estimate of drug-likeness (QED) is 0.805. The van der Waals surface area contributed by atoms with Crippen LogP contribution in [-0.2, 0) is 10.0 Å². The zero-order valence-corrected chi connectivity index (χ0v) is 13.3. The van der Waals surface area contributed by atoms with Crippen LogP contribution in [0.3, 0.4) is 0 Å². The fraction of sp³-hybridized carbons (Fsp3) is 0.571. The molecule has 2 N–H and O–H groups in total. The number of methoxy groups -OCH3 is 1. The van der Waals surface area contributed by atoms with Crippen molar-refractivity contribution >= 4 is 10.0 Å². The molecule has 6 heteroatoms. The van der Waals surface area contributed by atoms with E-state index in [0.717, 1.165) is 5.56 Å². The maximum absolute atomic E-state index is 12.5. The number of rotatable bonds is 7. The van der Waals surface area contributed by atoms with Crippen molar-refractivity contribution in [1.82, 2.24) is 4.72 Å². The summed E-state index contributed by atoms with van der Waals surface area (Å²) >= 11 is 0. The molecule has 114 valence electrons. The lowest BCUT2D eigenvalue weighted by Crippen LogP contribution is -2.46. The van der Waals surface area contributed by atoms with E-state index in [1.54, 1.807) is 25.1 Å². The number of benzene rings is 1. The summed E-state index contributed by atoms with van der Waals surface area (Å²) in [5, 5.41) is 9.09. The van der Waals surface area contributed by atoms with Crippen LogP contribution in [0.1, 0.15) is 32.3 Å². The Morgan fingerprint density at radius 2 is 2.05 bits per heavy atom. The highest BCUT2D eigenvalue weighted by Crippen LogP contribution is 2.27. The molecular weight excluding hydrogens is 278 g/mol. The van der Waals surface area contributed by atoms with E-state index in [-0.39, 0.29) is 11.5 Å². The number of sulfonamides is 1. The van der Waals surface area contributed by atoms with E-state index in [1.165, 1.54) is 7.11 Å². The molecule has 0 saturated heterocycles. The smallest absolute Gasteiger partial charge is 0.244 e. The third-order valence-electron chi connectivity index (χ3n) is 3.43. The van der Waals surface area contributed by atoms with Gasteiger partial charge in [-0.2, -0.15) is 0 Å². The molecule has 0 fully saturated rings. The van der Waals surface area contributed by atoms with Crippen LogP contribution >= 0.6 is 0 Å². The van der Waals surface area contributed by atoms with E-state index in [4.69, 9.17) is 9.84 Å². The highest BCUT2D eigenvalue weighted by atomic mass is 32.2. The first kappa shape index (κ1) is 16.9. The molecule has 1 aromatic carbocycles. The predicted molar refractivity (Wildman–Crippen MR) is 78.5 cm³/mol. The van der Waals surface area contributed by atoms with E-state index in [1.807, 2.05) is 13.8 Å². The number of aliphatic hydroxyl groups excluding tert-OH is 1. The highest BCUT2D eigenvalue weighted by Gasteiger charge is 2.30. The molecule has 1 aromatic rings. The Labute approximate surface area is 121 Å². The number of aryl methyl sites for hydroxylation is 1. The molecule has 0 aromatic heterocycles. The first-order valence-corrected chi connectivity index (χ1v) is 8.06. The second kappa shape index (κ2) is 6.56. The zero-order valence-electron chi connectivity index (χ0n) is 12.4. The van der Waals surface area contributed by atoms with Crippen LogP contribution in [0.2, 0.25) is 0 Å². The van der Waals surface area contributed by atoms with Gasteiger partial charge in [0.05, 0.1) is 7.11 Å². The van der Waals surface area contributed by atoms with Gasteiger partial charge in [-0.15, -0.1) is 0 Å². The van der Waals surface area contributed by atoms with Gasteiger partial charge < -0.3 is 9.84 Å². The standard InChI is InChI=1S/C14H23NO4S/c1-5-14(3,8-9-16)15-20(17,18)13-10-11(2)6-7-12(13)19-4/h6-7,10,15-16H,5,8-9H2,1-4H3. The Kier molecular flexibility index (Phi) is 5.56. The van der Waals surface area contributed by atoms with Crippen LogP contribution in [0, 0.1) is 6.92 Å². The lowest BCUT2D eigenvalue weighted by Gasteiger charge is -2.28. The second-order valence-corrected chi connectivity index (χ2v) is 6.80. The number of hydrogen-bond acceptors (Lipinski definition) is 4. The molecule has 1 rings (SSSR count). The lowest BCUT2D eigenvalue weighted by molar-refractivity contribution is 0.233. The van der Waals surface area contributed by atoms with Crippen molar-refractivity contribution in [3.8, 4) is 5.75 Å². The summed E-state index contributed by atoms with van der Waals surface area (Å²) in [5.74, 6) is 0.311. The fourth-order valence-electron chi connectivity index (χ4n) is 1.92. The zero-order chi connectivity index (χ0) is 15.4. The van der Waals surface area contributed by atoms with Gasteiger partial charge in [0.25, 0.3) is 0 Å². The van der Waals surface area contributed by atoms with Crippen LogP contribution in [0.15, 0.2) is 23.1 Å². The molecular formula is C14H23NO4S. The minimum Gasteiger partial charge on any atom is -0.495 e. The molecule has 0 saturated carbocycles. The minimum absolute atomic E-state index is 0.0716. The number of aliphatic hydroxyl groups is 1. The fourth-order valence-corrected chi connectivity index (χ4v) is 3.68. The summed E-state index contributed by atoms with van der Waals surface area (Å²) in [6.45, 7) is 5.41. The van der Waals surface area contributed by atoms with Crippen molar-refractivity contribution < 1.29 is 18.3 Å². The van der Waals surface area contributed by atoms with E-state index < -0.39 is 15.6 Å². The monoisotopic (exact) mass is 301 g/mol. The van der Waals surface area contributed by atoms with Crippen LogP contribution in [0.25, 0.3) is 0 Å². The first-order chi connectivity index (χ1) is 9.28. The van der Waals surface area contributed by atoms with Crippen molar-refractivity contribution in [2.24, 2.45) is 0 Å². The largest absolute Gasteiger partial charge is 0.495 e. The average molecular weight is 301 g/mol. The summed E-state index contributed by atoms with van der Waals surface area (Å²) in [4.78, 5) is 0.123. The van der Waals surface area contributed by atoms with Crippen LogP contribution in [-0.4, -0.2) is 32.8 Å².